The van der Waals surface area contributed by atoms with Crippen LogP contribution in [0.4, 0.5) is 0 Å². The fourth-order valence-corrected chi connectivity index (χ4v) is 1.99. The molecule has 1 fully saturated rings. The van der Waals surface area contributed by atoms with Gasteiger partial charge in [0, 0.05) is 25.4 Å². The van der Waals surface area contributed by atoms with Gasteiger partial charge in [-0.1, -0.05) is 18.7 Å². The predicted octanol–water partition coefficient (Wildman–Crippen LogP) is 1.64. The van der Waals surface area contributed by atoms with E-state index in [2.05, 4.69) is 23.1 Å². The predicted molar refractivity (Wildman–Crippen MR) is 67.0 cm³/mol. The lowest BCUT2D eigenvalue weighted by Gasteiger charge is -2.36. The Morgan fingerprint density at radius 2 is 2.25 bits per heavy atom. The van der Waals surface area contributed by atoms with Gasteiger partial charge in [0.2, 0.25) is 0 Å². The quantitative estimate of drug-likeness (QED) is 0.411. The molecule has 0 aromatic rings. The van der Waals surface area contributed by atoms with Crippen molar-refractivity contribution in [3.05, 3.63) is 36.8 Å². The van der Waals surface area contributed by atoms with Gasteiger partial charge in [0.15, 0.2) is 0 Å². The molecule has 0 saturated heterocycles. The smallest absolute Gasteiger partial charge is 0.147 e. The number of rotatable bonds is 1. The molecule has 1 heterocycles. The van der Waals surface area contributed by atoms with E-state index in [1.54, 1.807) is 13.2 Å². The van der Waals surface area contributed by atoms with E-state index in [0.29, 0.717) is 17.5 Å². The van der Waals surface area contributed by atoms with Crippen molar-refractivity contribution in [2.45, 2.75) is 12.8 Å². The minimum atomic E-state index is 0.435. The van der Waals surface area contributed by atoms with Crippen LogP contribution in [0.3, 0.4) is 0 Å². The van der Waals surface area contributed by atoms with Crippen LogP contribution in [-0.4, -0.2) is 23.6 Å². The third-order valence-electron chi connectivity index (χ3n) is 2.93. The van der Waals surface area contributed by atoms with E-state index in [4.69, 9.17) is 5.73 Å². The van der Waals surface area contributed by atoms with Crippen LogP contribution >= 0.6 is 0 Å². The van der Waals surface area contributed by atoms with Gasteiger partial charge in [0.25, 0.3) is 0 Å². The van der Waals surface area contributed by atoms with Gasteiger partial charge in [-0.2, -0.15) is 0 Å². The first kappa shape index (κ1) is 10.7. The minimum absolute atomic E-state index is 0.435. The third-order valence-corrected chi connectivity index (χ3v) is 2.93. The summed E-state index contributed by atoms with van der Waals surface area (Å²) in [6.07, 6.45) is 5.52. The number of nitrogens with two attached hydrogens (primary N) is 1. The number of hydrogen-bond donors (Lipinski definition) is 1. The molecule has 0 aromatic heterocycles. The largest absolute Gasteiger partial charge is 0.382 e. The fourth-order valence-electron chi connectivity index (χ4n) is 1.99. The van der Waals surface area contributed by atoms with Crippen LogP contribution in [0.5, 0.6) is 0 Å². The van der Waals surface area contributed by atoms with Crippen molar-refractivity contribution in [1.29, 1.82) is 0 Å². The summed E-state index contributed by atoms with van der Waals surface area (Å²) in [6.45, 7) is 7.86. The van der Waals surface area contributed by atoms with Crippen LogP contribution in [0.15, 0.2) is 46.8 Å². The second-order valence-electron chi connectivity index (χ2n) is 4.07. The summed E-state index contributed by atoms with van der Waals surface area (Å²) in [7, 11) is 1.79. The normalized spacial score (nSPS) is 22.2. The molecule has 1 aliphatic carbocycles. The van der Waals surface area contributed by atoms with Crippen LogP contribution in [0.2, 0.25) is 0 Å². The molecule has 2 N–H and O–H groups in total. The molecule has 84 valence electrons. The molecule has 1 saturated carbocycles. The van der Waals surface area contributed by atoms with Crippen molar-refractivity contribution in [3.63, 3.8) is 0 Å². The molecular weight excluding hydrogens is 200 g/mol. The number of hydrogen-bond acceptors (Lipinski definition) is 3. The Morgan fingerprint density at radius 3 is 2.81 bits per heavy atom. The van der Waals surface area contributed by atoms with Crippen LogP contribution in [0.25, 0.3) is 0 Å². The Morgan fingerprint density at radius 1 is 1.56 bits per heavy atom. The lowest BCUT2D eigenvalue weighted by molar-refractivity contribution is 0.498. The van der Waals surface area contributed by atoms with E-state index in [1.807, 2.05) is 11.1 Å². The summed E-state index contributed by atoms with van der Waals surface area (Å²) in [4.78, 5) is 10.2. The Labute approximate surface area is 95.6 Å². The lowest BCUT2D eigenvalue weighted by Crippen LogP contribution is -2.40. The molecule has 0 aromatic carbocycles. The average molecular weight is 216 g/mol. The molecule has 2 rings (SSSR count). The van der Waals surface area contributed by atoms with E-state index in [0.717, 1.165) is 18.7 Å². The van der Waals surface area contributed by atoms with Crippen LogP contribution in [-0.2, 0) is 0 Å². The van der Waals surface area contributed by atoms with Crippen molar-refractivity contribution in [1.82, 2.24) is 4.90 Å². The van der Waals surface area contributed by atoms with Crippen molar-refractivity contribution >= 4 is 11.7 Å². The van der Waals surface area contributed by atoms with Crippen molar-refractivity contribution in [2.75, 3.05) is 7.05 Å². The van der Waals surface area contributed by atoms with Gasteiger partial charge >= 0.3 is 0 Å². The van der Waals surface area contributed by atoms with Gasteiger partial charge in [-0.05, 0) is 12.8 Å². The summed E-state index contributed by atoms with van der Waals surface area (Å²) < 4.78 is 0. The molecule has 0 atom stereocenters. The Bertz CT molecular complexity index is 420. The second kappa shape index (κ2) is 3.96. The maximum absolute atomic E-state index is 5.73. The molecule has 4 nitrogen and oxygen atoms in total. The van der Waals surface area contributed by atoms with Gasteiger partial charge < -0.3 is 10.6 Å². The molecule has 0 amide bonds. The number of aliphatic imine (C=N–C) groups is 2. The maximum Gasteiger partial charge on any atom is 0.147 e. The maximum atomic E-state index is 5.73. The van der Waals surface area contributed by atoms with Gasteiger partial charge in [-0.15, -0.1) is 0 Å². The first-order valence-electron chi connectivity index (χ1n) is 5.25. The molecule has 0 unspecified atom stereocenters. The topological polar surface area (TPSA) is 54.0 Å². The van der Waals surface area contributed by atoms with Crippen molar-refractivity contribution < 1.29 is 0 Å². The number of amidine groups is 2. The van der Waals surface area contributed by atoms with E-state index >= 15 is 0 Å². The standard InChI is InChI=1S/C12H16N4/c1-8-6-10(7-8)12(14-3)16-5-4-15-11(13)9(16)2/h4-5,10H,1-2,6-7H2,3H3,(H2,13,15). The highest BCUT2D eigenvalue weighted by Gasteiger charge is 2.31. The molecule has 16 heavy (non-hydrogen) atoms. The fraction of sp³-hybridized carbons (Fsp3) is 0.333. The highest BCUT2D eigenvalue weighted by molar-refractivity contribution is 6.03. The van der Waals surface area contributed by atoms with E-state index in [9.17, 15) is 0 Å². The van der Waals surface area contributed by atoms with Crippen LogP contribution in [0, 0.1) is 5.92 Å². The summed E-state index contributed by atoms with van der Waals surface area (Å²) in [5.74, 6) is 1.87. The summed E-state index contributed by atoms with van der Waals surface area (Å²) in [5, 5.41) is 0. The third kappa shape index (κ3) is 1.66. The SMILES string of the molecule is C=C1CC(C(=NC)N2C=CN=C(N)C2=C)C1. The molecule has 2 aliphatic rings. The van der Waals surface area contributed by atoms with Gasteiger partial charge in [-0.25, -0.2) is 4.99 Å². The first-order valence-corrected chi connectivity index (χ1v) is 5.25. The lowest BCUT2D eigenvalue weighted by atomic mass is 9.79. The van der Waals surface area contributed by atoms with E-state index < -0.39 is 0 Å². The zero-order chi connectivity index (χ0) is 11.7. The molecule has 0 spiro atoms. The van der Waals surface area contributed by atoms with E-state index in [-0.39, 0.29) is 0 Å². The molecule has 0 bridgehead atoms. The summed E-state index contributed by atoms with van der Waals surface area (Å²) >= 11 is 0. The van der Waals surface area contributed by atoms with E-state index in [1.165, 1.54) is 5.57 Å². The molecule has 1 aliphatic heterocycles. The van der Waals surface area contributed by atoms with Crippen LogP contribution < -0.4 is 5.73 Å². The van der Waals surface area contributed by atoms with Crippen LogP contribution in [0.1, 0.15) is 12.8 Å². The van der Waals surface area contributed by atoms with Crippen molar-refractivity contribution in [3.8, 4) is 0 Å². The van der Waals surface area contributed by atoms with Gasteiger partial charge in [-0.3, -0.25) is 4.99 Å². The second-order valence-corrected chi connectivity index (χ2v) is 4.07. The molecule has 0 radical (unpaired) electrons. The Kier molecular flexibility index (Phi) is 2.64. The zero-order valence-corrected chi connectivity index (χ0v) is 9.48. The average Bonchev–Trinajstić information content (AvgIpc) is 2.22. The highest BCUT2D eigenvalue weighted by Crippen LogP contribution is 2.34. The summed E-state index contributed by atoms with van der Waals surface area (Å²) in [5.41, 5.74) is 7.71. The molecule has 4 heteroatoms. The summed E-state index contributed by atoms with van der Waals surface area (Å²) in [6, 6.07) is 0. The van der Waals surface area contributed by atoms with Gasteiger partial charge in [0.1, 0.15) is 11.7 Å². The first-order chi connectivity index (χ1) is 7.63. The monoisotopic (exact) mass is 216 g/mol. The number of nitrogens with zero attached hydrogens (tertiary/aromatic N) is 3. The zero-order valence-electron chi connectivity index (χ0n) is 9.48. The minimum Gasteiger partial charge on any atom is -0.382 e. The highest BCUT2D eigenvalue weighted by atomic mass is 15.2. The molecular formula is C12H16N4. The number of allylic oxidation sites excluding steroid dienone is 1. The Balaban J connectivity index is 2.18. The van der Waals surface area contributed by atoms with Crippen molar-refractivity contribution in [2.24, 2.45) is 21.6 Å². The van der Waals surface area contributed by atoms with Gasteiger partial charge in [0.05, 0.1) is 5.70 Å². The Hall–Kier alpha value is -1.84.